The van der Waals surface area contributed by atoms with E-state index in [1.54, 1.807) is 17.0 Å². The topological polar surface area (TPSA) is 50.9 Å². The maximum atomic E-state index is 12.6. The Balaban J connectivity index is 1.95. The van der Waals surface area contributed by atoms with E-state index in [0.717, 1.165) is 22.3 Å². The Morgan fingerprint density at radius 1 is 1.05 bits per heavy atom. The van der Waals surface area contributed by atoms with Crippen LogP contribution < -0.4 is 5.56 Å². The number of hydrogen-bond donors (Lipinski definition) is 1. The van der Waals surface area contributed by atoms with Crippen LogP contribution in [0.2, 0.25) is 0 Å². The van der Waals surface area contributed by atoms with Crippen molar-refractivity contribution >= 4 is 10.9 Å². The minimum absolute atomic E-state index is 0.0453. The number of aromatic nitrogens is 2. The van der Waals surface area contributed by atoms with E-state index in [-0.39, 0.29) is 5.56 Å². The van der Waals surface area contributed by atoms with Gasteiger partial charge in [0.1, 0.15) is 11.3 Å². The Labute approximate surface area is 126 Å². The van der Waals surface area contributed by atoms with Gasteiger partial charge in [-0.3, -0.25) is 4.79 Å². The molecular weight excluding hydrogens is 276 g/mol. The fraction of sp³-hybridized carbons (Fsp3) is 0.0556. The zero-order valence-corrected chi connectivity index (χ0v) is 11.8. The number of nitrogens with one attached hydrogen (secondary N) is 1. The van der Waals surface area contributed by atoms with Crippen molar-refractivity contribution in [1.29, 1.82) is 0 Å². The Bertz CT molecular complexity index is 963. The van der Waals surface area contributed by atoms with E-state index in [1.165, 1.54) is 0 Å². The summed E-state index contributed by atoms with van der Waals surface area (Å²) in [7, 11) is 0. The van der Waals surface area contributed by atoms with Gasteiger partial charge in [0, 0.05) is 23.3 Å². The third kappa shape index (κ3) is 2.05. The first kappa shape index (κ1) is 12.7. The predicted molar refractivity (Wildman–Crippen MR) is 85.8 cm³/mol. The normalized spacial score (nSPS) is 11.1. The highest BCUT2D eigenvalue weighted by Crippen LogP contribution is 2.26. The number of aromatic amines is 1. The summed E-state index contributed by atoms with van der Waals surface area (Å²) in [5, 5.41) is 0.937. The number of furan rings is 1. The number of pyridine rings is 1. The Morgan fingerprint density at radius 3 is 2.68 bits per heavy atom. The summed E-state index contributed by atoms with van der Waals surface area (Å²) in [6, 6.07) is 15.7. The fourth-order valence-corrected chi connectivity index (χ4v) is 2.73. The van der Waals surface area contributed by atoms with Crippen molar-refractivity contribution < 1.29 is 4.42 Å². The number of benzene rings is 1. The first-order valence-electron chi connectivity index (χ1n) is 7.11. The molecule has 0 saturated carbocycles. The molecular formula is C18H14N2O2. The van der Waals surface area contributed by atoms with Crippen LogP contribution in [-0.4, -0.2) is 9.55 Å². The van der Waals surface area contributed by atoms with Gasteiger partial charge in [0.2, 0.25) is 0 Å². The van der Waals surface area contributed by atoms with Gasteiger partial charge in [-0.2, -0.15) is 0 Å². The lowest BCUT2D eigenvalue weighted by atomic mass is 10.0. The quantitative estimate of drug-likeness (QED) is 0.626. The maximum absolute atomic E-state index is 12.6. The highest BCUT2D eigenvalue weighted by Gasteiger charge is 2.12. The molecule has 0 fully saturated rings. The maximum Gasteiger partial charge on any atom is 0.275 e. The summed E-state index contributed by atoms with van der Waals surface area (Å²) >= 11 is 0. The first-order valence-corrected chi connectivity index (χ1v) is 7.11. The smallest absolute Gasteiger partial charge is 0.275 e. The Morgan fingerprint density at radius 2 is 1.91 bits per heavy atom. The van der Waals surface area contributed by atoms with Gasteiger partial charge in [-0.1, -0.05) is 30.3 Å². The summed E-state index contributed by atoms with van der Waals surface area (Å²) in [5.41, 5.74) is 2.69. The van der Waals surface area contributed by atoms with Crippen LogP contribution in [0.3, 0.4) is 0 Å². The molecule has 0 radical (unpaired) electrons. The third-order valence-corrected chi connectivity index (χ3v) is 3.79. The largest absolute Gasteiger partial charge is 0.467 e. The number of H-pyrrole nitrogens is 1. The van der Waals surface area contributed by atoms with Crippen molar-refractivity contribution in [3.8, 4) is 11.1 Å². The molecule has 4 aromatic rings. The van der Waals surface area contributed by atoms with Crippen LogP contribution in [-0.2, 0) is 6.54 Å². The van der Waals surface area contributed by atoms with Gasteiger partial charge < -0.3 is 14.0 Å². The molecule has 0 atom stereocenters. The molecule has 4 nitrogen and oxygen atoms in total. The Hall–Kier alpha value is -3.01. The van der Waals surface area contributed by atoms with Crippen LogP contribution in [0.5, 0.6) is 0 Å². The van der Waals surface area contributed by atoms with Gasteiger partial charge in [-0.25, -0.2) is 0 Å². The van der Waals surface area contributed by atoms with Gasteiger partial charge in [0.05, 0.1) is 12.8 Å². The molecule has 3 heterocycles. The van der Waals surface area contributed by atoms with Crippen LogP contribution in [0.4, 0.5) is 0 Å². The monoisotopic (exact) mass is 290 g/mol. The molecule has 22 heavy (non-hydrogen) atoms. The van der Waals surface area contributed by atoms with Crippen LogP contribution in [0.15, 0.2) is 76.4 Å². The summed E-state index contributed by atoms with van der Waals surface area (Å²) in [4.78, 5) is 15.6. The van der Waals surface area contributed by atoms with Crippen molar-refractivity contribution in [1.82, 2.24) is 9.55 Å². The van der Waals surface area contributed by atoms with E-state index in [2.05, 4.69) is 4.98 Å². The zero-order valence-electron chi connectivity index (χ0n) is 11.8. The molecule has 0 spiro atoms. The van der Waals surface area contributed by atoms with E-state index in [4.69, 9.17) is 4.42 Å². The van der Waals surface area contributed by atoms with Gasteiger partial charge >= 0.3 is 0 Å². The van der Waals surface area contributed by atoms with E-state index < -0.39 is 0 Å². The van der Waals surface area contributed by atoms with E-state index in [0.29, 0.717) is 12.1 Å². The molecule has 0 aliphatic carbocycles. The molecule has 4 rings (SSSR count). The van der Waals surface area contributed by atoms with E-state index in [1.807, 2.05) is 54.7 Å². The van der Waals surface area contributed by atoms with Crippen molar-refractivity contribution in [2.24, 2.45) is 0 Å². The second-order valence-corrected chi connectivity index (χ2v) is 5.19. The van der Waals surface area contributed by atoms with Crippen molar-refractivity contribution in [2.75, 3.05) is 0 Å². The van der Waals surface area contributed by atoms with Gasteiger partial charge in [-0.05, 0) is 23.8 Å². The van der Waals surface area contributed by atoms with Crippen molar-refractivity contribution in [2.45, 2.75) is 6.54 Å². The summed E-state index contributed by atoms with van der Waals surface area (Å²) < 4.78 is 7.04. The average Bonchev–Trinajstić information content (AvgIpc) is 3.22. The van der Waals surface area contributed by atoms with Crippen LogP contribution in [0.1, 0.15) is 5.76 Å². The standard InChI is InChI=1S/C18H14N2O2/c21-18-17-15(8-9-19-17)16(13-5-2-1-3-6-13)12-20(18)11-14-7-4-10-22-14/h1-10,12,19H,11H2. The van der Waals surface area contributed by atoms with Crippen molar-refractivity contribution in [3.05, 3.63) is 83.3 Å². The lowest BCUT2D eigenvalue weighted by Gasteiger charge is -2.09. The van der Waals surface area contributed by atoms with E-state index >= 15 is 0 Å². The first-order chi connectivity index (χ1) is 10.8. The summed E-state index contributed by atoms with van der Waals surface area (Å²) in [5.74, 6) is 0.756. The fourth-order valence-electron chi connectivity index (χ4n) is 2.73. The molecule has 0 saturated heterocycles. The van der Waals surface area contributed by atoms with E-state index in [9.17, 15) is 4.79 Å². The molecule has 4 heteroatoms. The highest BCUT2D eigenvalue weighted by molar-refractivity contribution is 5.94. The molecule has 3 aromatic heterocycles. The van der Waals surface area contributed by atoms with Gasteiger partial charge in [0.15, 0.2) is 0 Å². The molecule has 0 aliphatic heterocycles. The van der Waals surface area contributed by atoms with Crippen molar-refractivity contribution in [3.63, 3.8) is 0 Å². The van der Waals surface area contributed by atoms with Crippen LogP contribution in [0.25, 0.3) is 22.0 Å². The SMILES string of the molecule is O=c1c2[nH]ccc2c(-c2ccccc2)cn1Cc1ccco1. The second-order valence-electron chi connectivity index (χ2n) is 5.19. The lowest BCUT2D eigenvalue weighted by Crippen LogP contribution is -2.20. The Kier molecular flexibility index (Phi) is 2.93. The molecule has 0 bridgehead atoms. The van der Waals surface area contributed by atoms with Gasteiger partial charge in [0.25, 0.3) is 5.56 Å². The third-order valence-electron chi connectivity index (χ3n) is 3.79. The minimum atomic E-state index is -0.0453. The van der Waals surface area contributed by atoms with Gasteiger partial charge in [-0.15, -0.1) is 0 Å². The summed E-state index contributed by atoms with van der Waals surface area (Å²) in [6.07, 6.45) is 5.32. The predicted octanol–water partition coefficient (Wildman–Crippen LogP) is 3.64. The number of nitrogens with zero attached hydrogens (tertiary/aromatic N) is 1. The molecule has 0 unspecified atom stereocenters. The van der Waals surface area contributed by atoms with Crippen LogP contribution >= 0.6 is 0 Å². The minimum Gasteiger partial charge on any atom is -0.467 e. The molecule has 0 aliphatic rings. The molecule has 108 valence electrons. The summed E-state index contributed by atoms with van der Waals surface area (Å²) in [6.45, 7) is 0.417. The average molecular weight is 290 g/mol. The lowest BCUT2D eigenvalue weighted by molar-refractivity contribution is 0.490. The molecule has 1 aromatic carbocycles. The highest BCUT2D eigenvalue weighted by atomic mass is 16.3. The number of fused-ring (bicyclic) bond motifs is 1. The zero-order chi connectivity index (χ0) is 14.9. The molecule has 0 amide bonds. The molecule has 1 N–H and O–H groups in total. The second kappa shape index (κ2) is 5.07. The number of hydrogen-bond acceptors (Lipinski definition) is 2. The number of rotatable bonds is 3. The van der Waals surface area contributed by atoms with Crippen LogP contribution in [0, 0.1) is 0 Å².